The molecule has 4 heteroatoms. The van der Waals surface area contributed by atoms with Crippen LogP contribution in [0.15, 0.2) is 42.5 Å². The van der Waals surface area contributed by atoms with Crippen LogP contribution in [0.3, 0.4) is 0 Å². The quantitative estimate of drug-likeness (QED) is 0.790. The van der Waals surface area contributed by atoms with Crippen LogP contribution in [0.2, 0.25) is 5.02 Å². The van der Waals surface area contributed by atoms with Crippen LogP contribution in [0.5, 0.6) is 5.75 Å². The summed E-state index contributed by atoms with van der Waals surface area (Å²) in [6.07, 6.45) is 0. The molecular weight excluding hydrogens is 255 g/mol. The van der Waals surface area contributed by atoms with Crippen molar-refractivity contribution in [3.63, 3.8) is 0 Å². The van der Waals surface area contributed by atoms with E-state index in [4.69, 9.17) is 16.3 Å². The summed E-state index contributed by atoms with van der Waals surface area (Å²) in [5.74, 6) is -0.301. The number of methoxy groups -OCH3 is 1. The Bertz CT molecular complexity index is 596. The highest BCUT2D eigenvalue weighted by Gasteiger charge is 2.12. The predicted octanol–water partition coefficient (Wildman–Crippen LogP) is 3.72. The van der Waals surface area contributed by atoms with Gasteiger partial charge in [0.1, 0.15) is 11.6 Å². The van der Waals surface area contributed by atoms with Crippen molar-refractivity contribution in [1.29, 1.82) is 0 Å². The fourth-order valence-electron chi connectivity index (χ4n) is 1.60. The summed E-state index contributed by atoms with van der Waals surface area (Å²) in [6, 6.07) is 10.2. The van der Waals surface area contributed by atoms with E-state index < -0.39 is 5.82 Å². The van der Waals surface area contributed by atoms with Crippen LogP contribution in [0, 0.1) is 5.82 Å². The first kappa shape index (κ1) is 12.6. The number of carbonyl (C=O) groups is 1. The number of hydrogen-bond acceptors (Lipinski definition) is 2. The first-order valence-corrected chi connectivity index (χ1v) is 5.63. The van der Waals surface area contributed by atoms with Crippen molar-refractivity contribution >= 4 is 17.4 Å². The molecule has 2 rings (SSSR count). The van der Waals surface area contributed by atoms with Gasteiger partial charge in [-0.15, -0.1) is 0 Å². The van der Waals surface area contributed by atoms with Gasteiger partial charge < -0.3 is 4.74 Å². The minimum absolute atomic E-state index is 0.274. The second-order valence-electron chi connectivity index (χ2n) is 3.69. The van der Waals surface area contributed by atoms with Gasteiger partial charge in [-0.1, -0.05) is 23.7 Å². The molecule has 0 aromatic heterocycles. The SMILES string of the molecule is COc1cc(C(=O)c2cccc(F)c2)ccc1Cl. The molecule has 0 N–H and O–H groups in total. The zero-order valence-corrected chi connectivity index (χ0v) is 10.4. The zero-order valence-electron chi connectivity index (χ0n) is 9.61. The molecule has 2 nitrogen and oxygen atoms in total. The van der Waals surface area contributed by atoms with Crippen LogP contribution in [-0.2, 0) is 0 Å². The van der Waals surface area contributed by atoms with Crippen molar-refractivity contribution in [3.8, 4) is 5.75 Å². The summed E-state index contributed by atoms with van der Waals surface area (Å²) in [5, 5.41) is 0.424. The molecule has 92 valence electrons. The molecule has 18 heavy (non-hydrogen) atoms. The third kappa shape index (κ3) is 2.51. The van der Waals surface area contributed by atoms with Crippen LogP contribution < -0.4 is 4.74 Å². The second-order valence-corrected chi connectivity index (χ2v) is 4.10. The fraction of sp³-hybridized carbons (Fsp3) is 0.0714. The Hall–Kier alpha value is -1.87. The van der Waals surface area contributed by atoms with E-state index in [0.29, 0.717) is 21.9 Å². The van der Waals surface area contributed by atoms with E-state index in [0.717, 1.165) is 0 Å². The lowest BCUT2D eigenvalue weighted by molar-refractivity contribution is 0.103. The first-order valence-electron chi connectivity index (χ1n) is 5.25. The van der Waals surface area contributed by atoms with Crippen LogP contribution in [0.1, 0.15) is 15.9 Å². The zero-order chi connectivity index (χ0) is 13.1. The van der Waals surface area contributed by atoms with E-state index in [9.17, 15) is 9.18 Å². The molecule has 0 unspecified atom stereocenters. The van der Waals surface area contributed by atoms with Gasteiger partial charge in [-0.2, -0.15) is 0 Å². The van der Waals surface area contributed by atoms with Crippen molar-refractivity contribution in [1.82, 2.24) is 0 Å². The Labute approximate surface area is 109 Å². The standard InChI is InChI=1S/C14H10ClFO2/c1-18-13-8-10(5-6-12(13)15)14(17)9-3-2-4-11(16)7-9/h2-8H,1H3. The highest BCUT2D eigenvalue weighted by molar-refractivity contribution is 6.32. The number of ketones is 1. The van der Waals surface area contributed by atoms with E-state index in [1.807, 2.05) is 0 Å². The van der Waals surface area contributed by atoms with E-state index >= 15 is 0 Å². The van der Waals surface area contributed by atoms with Gasteiger partial charge in [0, 0.05) is 11.1 Å². The van der Waals surface area contributed by atoms with Gasteiger partial charge in [0.15, 0.2) is 5.78 Å². The molecule has 0 amide bonds. The number of halogens is 2. The molecular formula is C14H10ClFO2. The summed E-state index contributed by atoms with van der Waals surface area (Å²) in [6.45, 7) is 0. The van der Waals surface area contributed by atoms with Crippen molar-refractivity contribution < 1.29 is 13.9 Å². The van der Waals surface area contributed by atoms with Gasteiger partial charge in [0.05, 0.1) is 12.1 Å². The molecule has 0 radical (unpaired) electrons. The largest absolute Gasteiger partial charge is 0.495 e. The Morgan fingerprint density at radius 1 is 1.17 bits per heavy atom. The minimum atomic E-state index is -0.443. The summed E-state index contributed by atoms with van der Waals surface area (Å²) >= 11 is 5.88. The molecule has 0 spiro atoms. The Kier molecular flexibility index (Phi) is 3.63. The van der Waals surface area contributed by atoms with Crippen molar-refractivity contribution in [3.05, 3.63) is 64.4 Å². The van der Waals surface area contributed by atoms with Crippen LogP contribution in [-0.4, -0.2) is 12.9 Å². The minimum Gasteiger partial charge on any atom is -0.495 e. The highest BCUT2D eigenvalue weighted by Crippen LogP contribution is 2.26. The van der Waals surface area contributed by atoms with E-state index in [2.05, 4.69) is 0 Å². The summed E-state index contributed by atoms with van der Waals surface area (Å²) < 4.78 is 18.1. The average molecular weight is 265 g/mol. The molecule has 2 aromatic carbocycles. The Morgan fingerprint density at radius 2 is 1.89 bits per heavy atom. The Balaban J connectivity index is 2.40. The molecule has 0 heterocycles. The topological polar surface area (TPSA) is 26.3 Å². The van der Waals surface area contributed by atoms with Crippen LogP contribution in [0.4, 0.5) is 4.39 Å². The highest BCUT2D eigenvalue weighted by atomic mass is 35.5. The second kappa shape index (κ2) is 5.19. The van der Waals surface area contributed by atoms with E-state index in [1.54, 1.807) is 18.2 Å². The van der Waals surface area contributed by atoms with Crippen molar-refractivity contribution in [2.75, 3.05) is 7.11 Å². The average Bonchev–Trinajstić information content (AvgIpc) is 2.38. The lowest BCUT2D eigenvalue weighted by atomic mass is 10.0. The molecule has 0 saturated carbocycles. The van der Waals surface area contributed by atoms with E-state index in [-0.39, 0.29) is 5.78 Å². The van der Waals surface area contributed by atoms with Gasteiger partial charge in [0.2, 0.25) is 0 Å². The molecule has 2 aromatic rings. The number of hydrogen-bond donors (Lipinski definition) is 0. The van der Waals surface area contributed by atoms with Crippen molar-refractivity contribution in [2.45, 2.75) is 0 Å². The third-order valence-corrected chi connectivity index (χ3v) is 2.81. The molecule has 0 aliphatic carbocycles. The van der Waals surface area contributed by atoms with Gasteiger partial charge >= 0.3 is 0 Å². The molecule has 0 aliphatic heterocycles. The lowest BCUT2D eigenvalue weighted by Gasteiger charge is -2.06. The third-order valence-electron chi connectivity index (χ3n) is 2.50. The molecule has 0 aliphatic rings. The van der Waals surface area contributed by atoms with Gasteiger partial charge in [-0.3, -0.25) is 4.79 Å². The maximum Gasteiger partial charge on any atom is 0.193 e. The van der Waals surface area contributed by atoms with Gasteiger partial charge in [0.25, 0.3) is 0 Å². The Morgan fingerprint density at radius 3 is 2.56 bits per heavy atom. The lowest BCUT2D eigenvalue weighted by Crippen LogP contribution is -2.02. The fourth-order valence-corrected chi connectivity index (χ4v) is 1.79. The normalized spacial score (nSPS) is 10.2. The summed E-state index contributed by atoms with van der Waals surface area (Å²) in [5.41, 5.74) is 0.696. The summed E-state index contributed by atoms with van der Waals surface area (Å²) in [7, 11) is 1.47. The first-order chi connectivity index (χ1) is 8.61. The predicted molar refractivity (Wildman–Crippen MR) is 67.8 cm³/mol. The van der Waals surface area contributed by atoms with Gasteiger partial charge in [-0.25, -0.2) is 4.39 Å². The maximum absolute atomic E-state index is 13.1. The monoisotopic (exact) mass is 264 g/mol. The number of benzene rings is 2. The summed E-state index contributed by atoms with van der Waals surface area (Å²) in [4.78, 5) is 12.1. The van der Waals surface area contributed by atoms with Gasteiger partial charge in [-0.05, 0) is 30.3 Å². The molecule has 0 atom stereocenters. The van der Waals surface area contributed by atoms with Crippen LogP contribution in [0.25, 0.3) is 0 Å². The smallest absolute Gasteiger partial charge is 0.193 e. The molecule has 0 bridgehead atoms. The van der Waals surface area contributed by atoms with Crippen LogP contribution >= 0.6 is 11.6 Å². The molecule has 0 saturated heterocycles. The maximum atomic E-state index is 13.1. The number of carbonyl (C=O) groups excluding carboxylic acids is 1. The van der Waals surface area contributed by atoms with Crippen molar-refractivity contribution in [2.24, 2.45) is 0 Å². The number of rotatable bonds is 3. The van der Waals surface area contributed by atoms with E-state index in [1.165, 1.54) is 31.4 Å². The molecule has 0 fully saturated rings. The number of ether oxygens (including phenoxy) is 1.